The highest BCUT2D eigenvalue weighted by molar-refractivity contribution is 5.58. The lowest BCUT2D eigenvalue weighted by Gasteiger charge is -2.24. The topological polar surface area (TPSA) is 75.2 Å². The fraction of sp³-hybridized carbons (Fsp3) is 0.227. The van der Waals surface area contributed by atoms with Gasteiger partial charge in [0, 0.05) is 5.56 Å². The van der Waals surface area contributed by atoms with Crippen LogP contribution in [0.25, 0.3) is 23.0 Å². The number of halogens is 1. The van der Waals surface area contributed by atoms with E-state index in [1.807, 2.05) is 41.9 Å². The molecular formula is C22H19FN4O3. The summed E-state index contributed by atoms with van der Waals surface area (Å²) in [6.07, 6.45) is -0.105. The zero-order valence-corrected chi connectivity index (χ0v) is 16.3. The molecule has 0 spiro atoms. The molecule has 0 bridgehead atoms. The second-order valence-corrected chi connectivity index (χ2v) is 6.94. The second-order valence-electron chi connectivity index (χ2n) is 6.94. The minimum Gasteiger partial charge on any atom is -0.494 e. The van der Waals surface area contributed by atoms with E-state index in [0.717, 1.165) is 17.0 Å². The third-order valence-corrected chi connectivity index (χ3v) is 4.93. The van der Waals surface area contributed by atoms with Crippen LogP contribution in [0.4, 0.5) is 4.39 Å². The Labute approximate surface area is 172 Å². The monoisotopic (exact) mass is 406 g/mol. The van der Waals surface area contributed by atoms with E-state index in [-0.39, 0.29) is 17.8 Å². The lowest BCUT2D eigenvalue weighted by molar-refractivity contribution is -0.00115. The summed E-state index contributed by atoms with van der Waals surface area (Å²) in [7, 11) is 0. The van der Waals surface area contributed by atoms with Crippen LogP contribution in [0.1, 0.15) is 24.3 Å². The number of rotatable bonds is 5. The van der Waals surface area contributed by atoms with Gasteiger partial charge in [-0.1, -0.05) is 29.4 Å². The highest BCUT2D eigenvalue weighted by atomic mass is 19.1. The normalized spacial score (nSPS) is 15.7. The van der Waals surface area contributed by atoms with Crippen LogP contribution in [0.15, 0.2) is 59.1 Å². The van der Waals surface area contributed by atoms with Crippen molar-refractivity contribution in [1.29, 1.82) is 0 Å². The first kappa shape index (κ1) is 18.5. The van der Waals surface area contributed by atoms with Crippen LogP contribution in [0.5, 0.6) is 5.75 Å². The van der Waals surface area contributed by atoms with Crippen molar-refractivity contribution in [3.63, 3.8) is 0 Å². The van der Waals surface area contributed by atoms with Crippen molar-refractivity contribution in [2.45, 2.75) is 26.2 Å². The smallest absolute Gasteiger partial charge is 0.278 e. The molecular weight excluding hydrogens is 387 g/mol. The average Bonchev–Trinajstić information content (AvgIpc) is 3.41. The van der Waals surface area contributed by atoms with Gasteiger partial charge in [-0.3, -0.25) is 4.68 Å². The fourth-order valence-corrected chi connectivity index (χ4v) is 3.45. The summed E-state index contributed by atoms with van der Waals surface area (Å²) in [5.74, 6) is 1.09. The Morgan fingerprint density at radius 2 is 2.03 bits per heavy atom. The molecule has 3 heterocycles. The molecule has 4 aromatic rings. The van der Waals surface area contributed by atoms with E-state index in [0.29, 0.717) is 36.8 Å². The second kappa shape index (κ2) is 7.72. The van der Waals surface area contributed by atoms with E-state index in [1.54, 1.807) is 12.1 Å². The van der Waals surface area contributed by atoms with Gasteiger partial charge in [-0.25, -0.2) is 4.39 Å². The highest BCUT2D eigenvalue weighted by Crippen LogP contribution is 2.30. The number of hydrogen-bond acceptors (Lipinski definition) is 6. The quantitative estimate of drug-likeness (QED) is 0.489. The van der Waals surface area contributed by atoms with Gasteiger partial charge in [0.15, 0.2) is 5.69 Å². The molecule has 0 N–H and O–H groups in total. The summed E-state index contributed by atoms with van der Waals surface area (Å²) < 4.78 is 32.2. The Balaban J connectivity index is 1.35. The Bertz CT molecular complexity index is 1170. The number of nitrogens with zero attached hydrogens (tertiary/aromatic N) is 4. The van der Waals surface area contributed by atoms with Crippen LogP contribution in [0, 0.1) is 5.82 Å². The third-order valence-electron chi connectivity index (χ3n) is 4.93. The number of fused-ring (bicyclic) bond motifs is 1. The van der Waals surface area contributed by atoms with E-state index in [1.165, 1.54) is 12.1 Å². The highest BCUT2D eigenvalue weighted by Gasteiger charge is 2.24. The summed E-state index contributed by atoms with van der Waals surface area (Å²) in [5, 5.41) is 8.56. The zero-order chi connectivity index (χ0) is 20.5. The Hall–Kier alpha value is -3.52. The van der Waals surface area contributed by atoms with Crippen molar-refractivity contribution in [2.24, 2.45) is 0 Å². The lowest BCUT2D eigenvalue weighted by Crippen LogP contribution is -2.21. The van der Waals surface area contributed by atoms with Gasteiger partial charge in [-0.15, -0.1) is 0 Å². The lowest BCUT2D eigenvalue weighted by atomic mass is 10.1. The van der Waals surface area contributed by atoms with Crippen LogP contribution < -0.4 is 4.74 Å². The molecule has 0 amide bonds. The zero-order valence-electron chi connectivity index (χ0n) is 16.3. The van der Waals surface area contributed by atoms with Gasteiger partial charge in [0.2, 0.25) is 5.82 Å². The molecule has 0 radical (unpaired) electrons. The van der Waals surface area contributed by atoms with Crippen LogP contribution >= 0.6 is 0 Å². The molecule has 0 saturated carbocycles. The molecule has 2 aromatic heterocycles. The van der Waals surface area contributed by atoms with E-state index in [4.69, 9.17) is 14.0 Å². The van der Waals surface area contributed by atoms with Crippen LogP contribution in [-0.2, 0) is 17.9 Å². The predicted molar refractivity (Wildman–Crippen MR) is 106 cm³/mol. The molecule has 0 saturated heterocycles. The average molecular weight is 406 g/mol. The van der Waals surface area contributed by atoms with Crippen LogP contribution in [0.2, 0.25) is 0 Å². The van der Waals surface area contributed by atoms with Crippen LogP contribution in [-0.4, -0.2) is 26.5 Å². The summed E-state index contributed by atoms with van der Waals surface area (Å²) in [6.45, 7) is 3.60. The SMILES string of the molecule is CCOc1ccc(C2Cn3nc(-c4nc(-c5cccc(F)c5)no4)cc3CO2)cc1. The first-order valence-corrected chi connectivity index (χ1v) is 9.70. The van der Waals surface area contributed by atoms with E-state index in [9.17, 15) is 4.39 Å². The maximum atomic E-state index is 13.5. The third kappa shape index (κ3) is 3.57. The summed E-state index contributed by atoms with van der Waals surface area (Å²) in [5.41, 5.74) is 3.11. The minimum atomic E-state index is -0.353. The maximum absolute atomic E-state index is 13.5. The van der Waals surface area contributed by atoms with Gasteiger partial charge in [0.05, 0.1) is 25.5 Å². The molecule has 30 heavy (non-hydrogen) atoms. The number of benzene rings is 2. The Morgan fingerprint density at radius 3 is 2.83 bits per heavy atom. The standard InChI is InChI=1S/C22H19FN4O3/c1-2-28-18-8-6-14(7-9-18)20-12-27-17(13-29-20)11-19(25-27)22-24-21(26-30-22)15-4-3-5-16(23)10-15/h3-11,20H,2,12-13H2,1H3. The van der Waals surface area contributed by atoms with E-state index < -0.39 is 0 Å². The number of aromatic nitrogens is 4. The van der Waals surface area contributed by atoms with Crippen molar-refractivity contribution in [3.8, 4) is 28.7 Å². The molecule has 1 aliphatic heterocycles. The number of hydrogen-bond donors (Lipinski definition) is 0. The van der Waals surface area contributed by atoms with Gasteiger partial charge in [-0.05, 0) is 42.8 Å². The van der Waals surface area contributed by atoms with Crippen molar-refractivity contribution < 1.29 is 18.4 Å². The van der Waals surface area contributed by atoms with Gasteiger partial charge in [-0.2, -0.15) is 10.1 Å². The van der Waals surface area contributed by atoms with E-state index in [2.05, 4.69) is 15.2 Å². The first-order valence-electron chi connectivity index (χ1n) is 9.70. The molecule has 2 aromatic carbocycles. The molecule has 0 aliphatic carbocycles. The molecule has 7 nitrogen and oxygen atoms in total. The van der Waals surface area contributed by atoms with E-state index >= 15 is 0 Å². The first-order chi connectivity index (χ1) is 14.7. The van der Waals surface area contributed by atoms with Gasteiger partial charge >= 0.3 is 0 Å². The molecule has 1 unspecified atom stereocenters. The van der Waals surface area contributed by atoms with Crippen molar-refractivity contribution in [3.05, 3.63) is 71.7 Å². The molecule has 1 aliphatic rings. The maximum Gasteiger partial charge on any atom is 0.278 e. The summed E-state index contributed by atoms with van der Waals surface area (Å²) in [6, 6.07) is 15.8. The van der Waals surface area contributed by atoms with Crippen molar-refractivity contribution in [2.75, 3.05) is 6.61 Å². The van der Waals surface area contributed by atoms with Gasteiger partial charge in [0.1, 0.15) is 17.7 Å². The minimum absolute atomic E-state index is 0.105. The van der Waals surface area contributed by atoms with Crippen molar-refractivity contribution in [1.82, 2.24) is 19.9 Å². The van der Waals surface area contributed by atoms with Gasteiger partial charge < -0.3 is 14.0 Å². The Morgan fingerprint density at radius 1 is 1.17 bits per heavy atom. The molecule has 8 heteroatoms. The number of ether oxygens (including phenoxy) is 2. The molecule has 5 rings (SSSR count). The van der Waals surface area contributed by atoms with Gasteiger partial charge in [0.25, 0.3) is 5.89 Å². The molecule has 0 fully saturated rings. The summed E-state index contributed by atoms with van der Waals surface area (Å²) in [4.78, 5) is 4.36. The summed E-state index contributed by atoms with van der Waals surface area (Å²) >= 11 is 0. The largest absolute Gasteiger partial charge is 0.494 e. The Kier molecular flexibility index (Phi) is 4.76. The predicted octanol–water partition coefficient (Wildman–Crippen LogP) is 4.41. The fourth-order valence-electron chi connectivity index (χ4n) is 3.45. The molecule has 152 valence electrons. The van der Waals surface area contributed by atoms with Crippen LogP contribution in [0.3, 0.4) is 0 Å². The van der Waals surface area contributed by atoms with Crippen molar-refractivity contribution >= 4 is 0 Å². The molecule has 1 atom stereocenters.